The van der Waals surface area contributed by atoms with Crippen molar-refractivity contribution in [2.45, 2.75) is 39.8 Å². The number of aromatic nitrogens is 2. The lowest BCUT2D eigenvalue weighted by molar-refractivity contribution is -0.148. The molecule has 8 nitrogen and oxygen atoms in total. The predicted molar refractivity (Wildman–Crippen MR) is 110 cm³/mol. The molecule has 0 aliphatic rings. The van der Waals surface area contributed by atoms with Gasteiger partial charge in [0.2, 0.25) is 0 Å². The largest absolute Gasteiger partial charge is 0.493 e. The van der Waals surface area contributed by atoms with Crippen molar-refractivity contribution in [1.82, 2.24) is 9.78 Å². The molecule has 8 heteroatoms. The Labute approximate surface area is 170 Å². The van der Waals surface area contributed by atoms with Crippen molar-refractivity contribution in [3.8, 4) is 11.5 Å². The highest BCUT2D eigenvalue weighted by Crippen LogP contribution is 2.28. The smallest absolute Gasteiger partial charge is 0.331 e. The number of nitrogens with one attached hydrogen (secondary N) is 1. The minimum atomic E-state index is -0.961. The van der Waals surface area contributed by atoms with Crippen LogP contribution in [0.15, 0.2) is 36.5 Å². The van der Waals surface area contributed by atoms with Crippen LogP contribution in [0, 0.1) is 0 Å². The summed E-state index contributed by atoms with van der Waals surface area (Å²) in [6.45, 7) is 7.82. The minimum Gasteiger partial charge on any atom is -0.493 e. The second-order valence-electron chi connectivity index (χ2n) is 6.50. The number of ether oxygens (including phenoxy) is 3. The zero-order chi connectivity index (χ0) is 21.4. The molecule has 1 heterocycles. The van der Waals surface area contributed by atoms with Crippen molar-refractivity contribution in [1.29, 1.82) is 0 Å². The lowest BCUT2D eigenvalue weighted by atomic mass is 10.2. The van der Waals surface area contributed by atoms with E-state index in [9.17, 15) is 9.59 Å². The lowest BCUT2D eigenvalue weighted by Gasteiger charge is -2.15. The van der Waals surface area contributed by atoms with E-state index in [0.717, 1.165) is 5.56 Å². The van der Waals surface area contributed by atoms with E-state index in [1.165, 1.54) is 13.0 Å². The maximum Gasteiger partial charge on any atom is 0.331 e. The van der Waals surface area contributed by atoms with Crippen molar-refractivity contribution in [2.75, 3.05) is 19.0 Å². The van der Waals surface area contributed by atoms with Gasteiger partial charge in [0.05, 0.1) is 19.9 Å². The Morgan fingerprint density at radius 2 is 1.97 bits per heavy atom. The Hall–Kier alpha value is -3.29. The Morgan fingerprint density at radius 3 is 2.62 bits per heavy atom. The minimum absolute atomic E-state index is 0.0900. The fourth-order valence-corrected chi connectivity index (χ4v) is 2.55. The Bertz CT molecular complexity index is 873. The molecular formula is C21H27N3O5. The van der Waals surface area contributed by atoms with Crippen LogP contribution in [0.2, 0.25) is 0 Å². The number of rotatable bonds is 9. The van der Waals surface area contributed by atoms with Gasteiger partial charge in [-0.1, -0.05) is 6.07 Å². The summed E-state index contributed by atoms with van der Waals surface area (Å²) < 4.78 is 17.6. The molecule has 1 N–H and O–H groups in total. The average molecular weight is 401 g/mol. The van der Waals surface area contributed by atoms with E-state index in [4.69, 9.17) is 14.2 Å². The third-order valence-electron chi connectivity index (χ3n) is 3.97. The molecule has 2 aromatic rings. The fourth-order valence-electron chi connectivity index (χ4n) is 2.55. The number of carbonyl (C=O) groups is 2. The molecule has 29 heavy (non-hydrogen) atoms. The van der Waals surface area contributed by atoms with Crippen LogP contribution in [0.4, 0.5) is 5.82 Å². The van der Waals surface area contributed by atoms with Crippen molar-refractivity contribution in [2.24, 2.45) is 0 Å². The Kier molecular flexibility index (Phi) is 7.82. The molecule has 1 aromatic heterocycles. The molecule has 1 amide bonds. The first-order valence-electron chi connectivity index (χ1n) is 9.39. The number of carbonyl (C=O) groups excluding carboxylic acids is 2. The maximum atomic E-state index is 12.3. The van der Waals surface area contributed by atoms with Crippen LogP contribution < -0.4 is 14.8 Å². The third-order valence-corrected chi connectivity index (χ3v) is 3.97. The van der Waals surface area contributed by atoms with Crippen LogP contribution in [0.5, 0.6) is 11.5 Å². The molecule has 1 aromatic carbocycles. The number of methoxy groups -OCH3 is 1. The van der Waals surface area contributed by atoms with E-state index < -0.39 is 18.0 Å². The molecule has 0 aliphatic carbocycles. The number of nitrogens with zero attached hydrogens (tertiary/aromatic N) is 2. The predicted octanol–water partition coefficient (Wildman–Crippen LogP) is 3.45. The topological polar surface area (TPSA) is 91.7 Å². The zero-order valence-electron chi connectivity index (χ0n) is 17.3. The molecule has 0 fully saturated rings. The highest BCUT2D eigenvalue weighted by Gasteiger charge is 2.18. The number of hydrogen-bond donors (Lipinski definition) is 1. The summed E-state index contributed by atoms with van der Waals surface area (Å²) in [7, 11) is 1.55. The van der Waals surface area contributed by atoms with Gasteiger partial charge in [0.25, 0.3) is 5.91 Å². The highest BCUT2D eigenvalue weighted by molar-refractivity contribution is 5.96. The van der Waals surface area contributed by atoms with Gasteiger partial charge in [-0.15, -0.1) is 0 Å². The van der Waals surface area contributed by atoms with Gasteiger partial charge in [-0.05, 0) is 51.5 Å². The monoisotopic (exact) mass is 401 g/mol. The molecule has 0 saturated carbocycles. The fraction of sp³-hybridized carbons (Fsp3) is 0.381. The van der Waals surface area contributed by atoms with Gasteiger partial charge in [-0.3, -0.25) is 4.79 Å². The first kappa shape index (κ1) is 22.0. The first-order chi connectivity index (χ1) is 13.8. The molecule has 0 radical (unpaired) electrons. The summed E-state index contributed by atoms with van der Waals surface area (Å²) in [5, 5.41) is 6.86. The van der Waals surface area contributed by atoms with Crippen LogP contribution in [0.1, 0.15) is 39.3 Å². The summed E-state index contributed by atoms with van der Waals surface area (Å²) in [5.74, 6) is 0.678. The van der Waals surface area contributed by atoms with E-state index in [1.807, 2.05) is 20.8 Å². The molecule has 0 saturated heterocycles. The summed E-state index contributed by atoms with van der Waals surface area (Å²) in [6.07, 6.45) is 3.48. The Balaban J connectivity index is 1.95. The summed E-state index contributed by atoms with van der Waals surface area (Å²) in [4.78, 5) is 24.4. The third kappa shape index (κ3) is 6.10. The van der Waals surface area contributed by atoms with E-state index in [-0.39, 0.29) is 6.04 Å². The number of anilines is 1. The number of amides is 1. The number of hydrogen-bond acceptors (Lipinski definition) is 6. The highest BCUT2D eigenvalue weighted by atomic mass is 16.5. The molecule has 0 unspecified atom stereocenters. The van der Waals surface area contributed by atoms with Crippen molar-refractivity contribution >= 4 is 23.8 Å². The van der Waals surface area contributed by atoms with E-state index in [1.54, 1.807) is 48.3 Å². The Morgan fingerprint density at radius 1 is 1.21 bits per heavy atom. The molecule has 156 valence electrons. The quantitative estimate of drug-likeness (QED) is 0.511. The maximum absolute atomic E-state index is 12.3. The van der Waals surface area contributed by atoms with Gasteiger partial charge in [0, 0.05) is 18.2 Å². The zero-order valence-corrected chi connectivity index (χ0v) is 17.3. The van der Waals surface area contributed by atoms with Crippen molar-refractivity contribution in [3.05, 3.63) is 42.1 Å². The van der Waals surface area contributed by atoms with Crippen LogP contribution in [0.3, 0.4) is 0 Å². The molecule has 0 aliphatic heterocycles. The van der Waals surface area contributed by atoms with Crippen LogP contribution in [-0.2, 0) is 14.3 Å². The molecular weight excluding hydrogens is 374 g/mol. The van der Waals surface area contributed by atoms with Crippen LogP contribution in [0.25, 0.3) is 6.08 Å². The van der Waals surface area contributed by atoms with E-state index in [0.29, 0.717) is 23.9 Å². The van der Waals surface area contributed by atoms with E-state index >= 15 is 0 Å². The van der Waals surface area contributed by atoms with Gasteiger partial charge in [-0.25, -0.2) is 9.48 Å². The molecule has 2 rings (SSSR count). The van der Waals surface area contributed by atoms with Crippen molar-refractivity contribution < 1.29 is 23.8 Å². The number of benzene rings is 1. The van der Waals surface area contributed by atoms with Gasteiger partial charge in [0.1, 0.15) is 5.82 Å². The second-order valence-corrected chi connectivity index (χ2v) is 6.50. The van der Waals surface area contributed by atoms with Gasteiger partial charge in [0.15, 0.2) is 17.6 Å². The van der Waals surface area contributed by atoms with E-state index in [2.05, 4.69) is 10.4 Å². The standard InChI is InChI=1S/C21H27N3O5/c1-6-28-17-9-7-16(13-18(17)27-5)8-10-20(25)29-15(4)21(26)23-19-11-12-22-24(19)14(2)3/h7-15H,6H2,1-5H3,(H,23,26)/b10-8+/t15-/m0/s1. The SMILES string of the molecule is CCOc1ccc(/C=C/C(=O)O[C@@H](C)C(=O)Nc2ccnn2C(C)C)cc1OC. The molecule has 1 atom stereocenters. The summed E-state index contributed by atoms with van der Waals surface area (Å²) in [6, 6.07) is 7.08. The van der Waals surface area contributed by atoms with Gasteiger partial charge < -0.3 is 19.5 Å². The normalized spacial score (nSPS) is 12.1. The van der Waals surface area contributed by atoms with Crippen LogP contribution >= 0.6 is 0 Å². The summed E-state index contributed by atoms with van der Waals surface area (Å²) >= 11 is 0. The first-order valence-corrected chi connectivity index (χ1v) is 9.39. The lowest BCUT2D eigenvalue weighted by Crippen LogP contribution is -2.30. The van der Waals surface area contributed by atoms with Gasteiger partial charge >= 0.3 is 5.97 Å². The second kappa shape index (κ2) is 10.3. The molecule has 0 spiro atoms. The molecule has 0 bridgehead atoms. The average Bonchev–Trinajstić information content (AvgIpc) is 3.15. The van der Waals surface area contributed by atoms with Crippen LogP contribution in [-0.4, -0.2) is 41.5 Å². The summed E-state index contributed by atoms with van der Waals surface area (Å²) in [5.41, 5.74) is 0.736. The number of esters is 1. The van der Waals surface area contributed by atoms with Crippen molar-refractivity contribution in [3.63, 3.8) is 0 Å². The van der Waals surface area contributed by atoms with Gasteiger partial charge in [-0.2, -0.15) is 5.10 Å².